The van der Waals surface area contributed by atoms with Gasteiger partial charge < -0.3 is 15.7 Å². The number of anilines is 1. The predicted octanol–water partition coefficient (Wildman–Crippen LogP) is 3.02. The number of para-hydroxylation sites is 1. The first kappa shape index (κ1) is 14.3. The van der Waals surface area contributed by atoms with Crippen LogP contribution in [0.1, 0.15) is 32.1 Å². The minimum atomic E-state index is -0.0548. The molecular formula is C14H19BrN2O2. The van der Waals surface area contributed by atoms with Crippen LogP contribution >= 0.6 is 15.9 Å². The fourth-order valence-corrected chi connectivity index (χ4v) is 2.67. The maximum absolute atomic E-state index is 11.9. The highest BCUT2D eigenvalue weighted by molar-refractivity contribution is 9.10. The summed E-state index contributed by atoms with van der Waals surface area (Å²) in [6.07, 6.45) is 4.94. The van der Waals surface area contributed by atoms with E-state index < -0.39 is 0 Å². The number of rotatable bonds is 4. The smallest absolute Gasteiger partial charge is 0.224 e. The fraction of sp³-hybridized carbons (Fsp3) is 0.500. The number of piperidine rings is 1. The monoisotopic (exact) mass is 326 g/mol. The largest absolute Gasteiger partial charge is 0.505 e. The number of hydrogen-bond acceptors (Lipinski definition) is 3. The zero-order chi connectivity index (χ0) is 13.7. The van der Waals surface area contributed by atoms with Gasteiger partial charge in [-0.2, -0.15) is 0 Å². The molecule has 1 amide bonds. The number of carbonyl (C=O) groups is 1. The van der Waals surface area contributed by atoms with Crippen LogP contribution in [0, 0.1) is 0 Å². The van der Waals surface area contributed by atoms with Crippen molar-refractivity contribution in [2.75, 3.05) is 11.9 Å². The first-order valence-electron chi connectivity index (χ1n) is 6.67. The zero-order valence-electron chi connectivity index (χ0n) is 10.8. The Kier molecular flexibility index (Phi) is 5.22. The third kappa shape index (κ3) is 4.21. The number of nitrogens with one attached hydrogen (secondary N) is 2. The van der Waals surface area contributed by atoms with Gasteiger partial charge in [0.2, 0.25) is 5.91 Å². The van der Waals surface area contributed by atoms with Crippen molar-refractivity contribution < 1.29 is 9.90 Å². The molecule has 1 aromatic rings. The van der Waals surface area contributed by atoms with Gasteiger partial charge in [0.25, 0.3) is 0 Å². The predicted molar refractivity (Wildman–Crippen MR) is 79.3 cm³/mol. The SMILES string of the molecule is O=C(CCC1CCCCN1)Nc1cccc(Br)c1O. The van der Waals surface area contributed by atoms with E-state index in [1.54, 1.807) is 18.2 Å². The van der Waals surface area contributed by atoms with Crippen molar-refractivity contribution in [2.24, 2.45) is 0 Å². The lowest BCUT2D eigenvalue weighted by Crippen LogP contribution is -2.34. The summed E-state index contributed by atoms with van der Waals surface area (Å²) in [5, 5.41) is 16.0. The van der Waals surface area contributed by atoms with Gasteiger partial charge in [0.05, 0.1) is 10.2 Å². The second-order valence-corrected chi connectivity index (χ2v) is 5.72. The molecule has 4 nitrogen and oxygen atoms in total. The Hall–Kier alpha value is -1.07. The molecule has 0 radical (unpaired) electrons. The van der Waals surface area contributed by atoms with E-state index >= 15 is 0 Å². The lowest BCUT2D eigenvalue weighted by atomic mass is 10.0. The van der Waals surface area contributed by atoms with Crippen molar-refractivity contribution in [3.8, 4) is 5.75 Å². The number of hydrogen-bond donors (Lipinski definition) is 3. The van der Waals surface area contributed by atoms with Gasteiger partial charge in [-0.25, -0.2) is 0 Å². The fourth-order valence-electron chi connectivity index (χ4n) is 2.30. The van der Waals surface area contributed by atoms with E-state index in [0.29, 0.717) is 22.6 Å². The molecule has 1 aliphatic heterocycles. The minimum Gasteiger partial charge on any atom is -0.505 e. The number of phenols is 1. The van der Waals surface area contributed by atoms with Crippen LogP contribution in [-0.2, 0) is 4.79 Å². The van der Waals surface area contributed by atoms with E-state index in [4.69, 9.17) is 0 Å². The van der Waals surface area contributed by atoms with E-state index in [-0.39, 0.29) is 11.7 Å². The van der Waals surface area contributed by atoms with Crippen LogP contribution < -0.4 is 10.6 Å². The van der Waals surface area contributed by atoms with Crippen LogP contribution in [0.25, 0.3) is 0 Å². The van der Waals surface area contributed by atoms with E-state index in [9.17, 15) is 9.90 Å². The van der Waals surface area contributed by atoms with Gasteiger partial charge in [-0.05, 0) is 53.9 Å². The number of phenolic OH excluding ortho intramolecular Hbond substituents is 1. The molecule has 0 aliphatic carbocycles. The molecule has 3 N–H and O–H groups in total. The summed E-state index contributed by atoms with van der Waals surface area (Å²) in [6, 6.07) is 5.66. The Morgan fingerprint density at radius 1 is 1.47 bits per heavy atom. The van der Waals surface area contributed by atoms with Gasteiger partial charge in [0.15, 0.2) is 5.75 Å². The standard InChI is InChI=1S/C14H19BrN2O2/c15-11-5-3-6-12(14(11)19)17-13(18)8-7-10-4-1-2-9-16-10/h3,5-6,10,16,19H,1-2,4,7-9H2,(H,17,18). The summed E-state index contributed by atoms with van der Waals surface area (Å²) in [5.74, 6) is 0.0208. The number of benzene rings is 1. The van der Waals surface area contributed by atoms with E-state index in [2.05, 4.69) is 26.6 Å². The molecule has 104 valence electrons. The number of halogens is 1. The Morgan fingerprint density at radius 3 is 3.05 bits per heavy atom. The summed E-state index contributed by atoms with van der Waals surface area (Å²) in [5.41, 5.74) is 0.455. The van der Waals surface area contributed by atoms with Crippen LogP contribution in [0.3, 0.4) is 0 Å². The van der Waals surface area contributed by atoms with Crippen molar-refractivity contribution in [2.45, 2.75) is 38.1 Å². The lowest BCUT2D eigenvalue weighted by molar-refractivity contribution is -0.116. The molecule has 2 rings (SSSR count). The van der Waals surface area contributed by atoms with Gasteiger partial charge in [-0.15, -0.1) is 0 Å². The molecule has 0 aromatic heterocycles. The Morgan fingerprint density at radius 2 is 2.32 bits per heavy atom. The Bertz CT molecular complexity index is 445. The van der Waals surface area contributed by atoms with E-state index in [1.807, 2.05) is 0 Å². The van der Waals surface area contributed by atoms with Crippen LogP contribution in [0.2, 0.25) is 0 Å². The summed E-state index contributed by atoms with van der Waals surface area (Å²) < 4.78 is 0.583. The van der Waals surface area contributed by atoms with Crippen molar-refractivity contribution >= 4 is 27.5 Å². The summed E-state index contributed by atoms with van der Waals surface area (Å²) in [6.45, 7) is 1.05. The minimum absolute atomic E-state index is 0.0548. The third-order valence-electron chi connectivity index (χ3n) is 3.39. The van der Waals surface area contributed by atoms with Gasteiger partial charge in [0.1, 0.15) is 0 Å². The molecule has 1 fully saturated rings. The van der Waals surface area contributed by atoms with Gasteiger partial charge in [-0.1, -0.05) is 12.5 Å². The molecule has 0 spiro atoms. The number of aromatic hydroxyl groups is 1. The second kappa shape index (κ2) is 6.91. The average molecular weight is 327 g/mol. The van der Waals surface area contributed by atoms with Crippen molar-refractivity contribution in [1.29, 1.82) is 0 Å². The topological polar surface area (TPSA) is 61.4 Å². The maximum atomic E-state index is 11.9. The van der Waals surface area contributed by atoms with Crippen molar-refractivity contribution in [3.63, 3.8) is 0 Å². The number of amides is 1. The molecule has 1 aliphatic rings. The summed E-state index contributed by atoms with van der Waals surface area (Å²) >= 11 is 3.23. The van der Waals surface area contributed by atoms with Crippen molar-refractivity contribution in [3.05, 3.63) is 22.7 Å². The molecule has 0 bridgehead atoms. The quantitative estimate of drug-likeness (QED) is 0.745. The third-order valence-corrected chi connectivity index (χ3v) is 4.03. The molecule has 1 unspecified atom stereocenters. The van der Waals surface area contributed by atoms with Crippen molar-refractivity contribution in [1.82, 2.24) is 5.32 Å². The molecular weight excluding hydrogens is 308 g/mol. The molecule has 5 heteroatoms. The van der Waals surface area contributed by atoms with Crippen LogP contribution in [0.4, 0.5) is 5.69 Å². The molecule has 1 aromatic carbocycles. The van der Waals surface area contributed by atoms with Gasteiger partial charge in [-0.3, -0.25) is 4.79 Å². The second-order valence-electron chi connectivity index (χ2n) is 4.87. The van der Waals surface area contributed by atoms with Crippen LogP contribution in [0.15, 0.2) is 22.7 Å². The number of carbonyl (C=O) groups excluding carboxylic acids is 1. The summed E-state index contributed by atoms with van der Waals surface area (Å²) in [4.78, 5) is 11.9. The lowest BCUT2D eigenvalue weighted by Gasteiger charge is -2.23. The maximum Gasteiger partial charge on any atom is 0.224 e. The highest BCUT2D eigenvalue weighted by Gasteiger charge is 2.15. The first-order chi connectivity index (χ1) is 9.16. The average Bonchev–Trinajstić information content (AvgIpc) is 2.43. The first-order valence-corrected chi connectivity index (χ1v) is 7.47. The van der Waals surface area contributed by atoms with E-state index in [0.717, 1.165) is 19.4 Å². The highest BCUT2D eigenvalue weighted by atomic mass is 79.9. The zero-order valence-corrected chi connectivity index (χ0v) is 12.4. The van der Waals surface area contributed by atoms with E-state index in [1.165, 1.54) is 12.8 Å². The molecule has 1 atom stereocenters. The van der Waals surface area contributed by atoms with Gasteiger partial charge >= 0.3 is 0 Å². The highest BCUT2D eigenvalue weighted by Crippen LogP contribution is 2.31. The van der Waals surface area contributed by atoms with Gasteiger partial charge in [0, 0.05) is 12.5 Å². The van der Waals surface area contributed by atoms with Crippen LogP contribution in [-0.4, -0.2) is 23.6 Å². The van der Waals surface area contributed by atoms with Crippen LogP contribution in [0.5, 0.6) is 5.75 Å². The summed E-state index contributed by atoms with van der Waals surface area (Å²) in [7, 11) is 0. The molecule has 1 heterocycles. The molecule has 1 saturated heterocycles. The Labute approximate surface area is 121 Å². The normalized spacial score (nSPS) is 19.1. The Balaban J connectivity index is 1.82. The molecule has 0 saturated carbocycles. The molecule has 19 heavy (non-hydrogen) atoms.